The Bertz CT molecular complexity index is 319. The Morgan fingerprint density at radius 1 is 1.85 bits per heavy atom. The van der Waals surface area contributed by atoms with Crippen LogP contribution in [0.4, 0.5) is 0 Å². The monoisotopic (exact) mass is 201 g/mol. The standard InChI is InChI=1S/C8H12ClN3O/c1-3-12-4-11-8(9)6(12)7(13)5(2)10/h4-5H,3,10H2,1-2H3. The van der Waals surface area contributed by atoms with Crippen molar-refractivity contribution in [3.8, 4) is 0 Å². The lowest BCUT2D eigenvalue weighted by Crippen LogP contribution is -2.28. The average molecular weight is 202 g/mol. The Kier molecular flexibility index (Phi) is 3.06. The number of hydrogen-bond donors (Lipinski definition) is 1. The Balaban J connectivity index is 3.11. The van der Waals surface area contributed by atoms with Crippen LogP contribution in [-0.2, 0) is 6.54 Å². The Morgan fingerprint density at radius 3 is 2.92 bits per heavy atom. The van der Waals surface area contributed by atoms with Crippen molar-refractivity contribution in [2.75, 3.05) is 0 Å². The molecule has 0 saturated heterocycles. The summed E-state index contributed by atoms with van der Waals surface area (Å²) in [6.45, 7) is 4.20. The van der Waals surface area contributed by atoms with Gasteiger partial charge in [0.05, 0.1) is 12.4 Å². The van der Waals surface area contributed by atoms with Crippen molar-refractivity contribution in [3.63, 3.8) is 0 Å². The number of hydrogen-bond acceptors (Lipinski definition) is 3. The van der Waals surface area contributed by atoms with E-state index >= 15 is 0 Å². The normalized spacial score (nSPS) is 12.9. The number of carbonyl (C=O) groups excluding carboxylic acids is 1. The van der Waals surface area contributed by atoms with Gasteiger partial charge in [-0.3, -0.25) is 4.79 Å². The fourth-order valence-electron chi connectivity index (χ4n) is 1.06. The molecule has 5 heteroatoms. The minimum Gasteiger partial charge on any atom is -0.327 e. The maximum atomic E-state index is 11.5. The quantitative estimate of drug-likeness (QED) is 0.745. The number of halogens is 1. The van der Waals surface area contributed by atoms with Gasteiger partial charge in [0.2, 0.25) is 0 Å². The average Bonchev–Trinajstić information content (AvgIpc) is 2.45. The first-order valence-corrected chi connectivity index (χ1v) is 4.46. The fraction of sp³-hybridized carbons (Fsp3) is 0.500. The highest BCUT2D eigenvalue weighted by atomic mass is 35.5. The van der Waals surface area contributed by atoms with Gasteiger partial charge in [-0.25, -0.2) is 4.98 Å². The van der Waals surface area contributed by atoms with Crippen molar-refractivity contribution in [1.82, 2.24) is 9.55 Å². The molecule has 0 aromatic carbocycles. The molecule has 4 nitrogen and oxygen atoms in total. The molecule has 1 aromatic rings. The van der Waals surface area contributed by atoms with Gasteiger partial charge in [0.1, 0.15) is 5.69 Å². The molecule has 1 aromatic heterocycles. The molecule has 0 saturated carbocycles. The molecule has 0 radical (unpaired) electrons. The fourth-order valence-corrected chi connectivity index (χ4v) is 1.30. The van der Waals surface area contributed by atoms with E-state index in [0.717, 1.165) is 0 Å². The van der Waals surface area contributed by atoms with E-state index in [9.17, 15) is 4.79 Å². The molecule has 0 bridgehead atoms. The van der Waals surface area contributed by atoms with E-state index in [-0.39, 0.29) is 10.9 Å². The van der Waals surface area contributed by atoms with E-state index in [1.165, 1.54) is 6.33 Å². The van der Waals surface area contributed by atoms with Crippen molar-refractivity contribution in [3.05, 3.63) is 17.2 Å². The number of aryl methyl sites for hydroxylation is 1. The summed E-state index contributed by atoms with van der Waals surface area (Å²) in [5, 5.41) is 0.226. The van der Waals surface area contributed by atoms with E-state index in [1.54, 1.807) is 11.5 Å². The second kappa shape index (κ2) is 3.89. The van der Waals surface area contributed by atoms with Crippen LogP contribution >= 0.6 is 11.6 Å². The number of rotatable bonds is 3. The minimum absolute atomic E-state index is 0.177. The molecule has 1 unspecified atom stereocenters. The molecule has 1 heterocycles. The molecule has 0 aliphatic rings. The molecule has 13 heavy (non-hydrogen) atoms. The molecule has 2 N–H and O–H groups in total. The first kappa shape index (κ1) is 10.2. The number of nitrogens with two attached hydrogens (primary N) is 1. The molecular formula is C8H12ClN3O. The van der Waals surface area contributed by atoms with Gasteiger partial charge < -0.3 is 10.3 Å². The molecular weight excluding hydrogens is 190 g/mol. The smallest absolute Gasteiger partial charge is 0.198 e. The predicted molar refractivity (Wildman–Crippen MR) is 50.9 cm³/mol. The van der Waals surface area contributed by atoms with Crippen LogP contribution in [0.15, 0.2) is 6.33 Å². The van der Waals surface area contributed by atoms with Gasteiger partial charge in [-0.15, -0.1) is 0 Å². The van der Waals surface area contributed by atoms with Gasteiger partial charge in [-0.05, 0) is 13.8 Å². The zero-order valence-corrected chi connectivity index (χ0v) is 8.38. The first-order chi connectivity index (χ1) is 6.07. The molecule has 0 aliphatic carbocycles. The van der Waals surface area contributed by atoms with Crippen LogP contribution in [0.3, 0.4) is 0 Å². The van der Waals surface area contributed by atoms with Gasteiger partial charge in [0.15, 0.2) is 10.9 Å². The lowest BCUT2D eigenvalue weighted by atomic mass is 10.2. The molecule has 72 valence electrons. The topological polar surface area (TPSA) is 60.9 Å². The molecule has 0 aliphatic heterocycles. The van der Waals surface area contributed by atoms with E-state index in [1.807, 2.05) is 6.92 Å². The van der Waals surface area contributed by atoms with E-state index in [0.29, 0.717) is 12.2 Å². The largest absolute Gasteiger partial charge is 0.327 e. The number of ketones is 1. The van der Waals surface area contributed by atoms with Crippen LogP contribution in [0.5, 0.6) is 0 Å². The number of nitrogens with zero attached hydrogens (tertiary/aromatic N) is 2. The lowest BCUT2D eigenvalue weighted by molar-refractivity contribution is 0.0959. The SMILES string of the molecule is CCn1cnc(Cl)c1C(=O)C(C)N. The Labute approximate surface area is 81.7 Å². The molecule has 0 fully saturated rings. The number of carbonyl (C=O) groups is 1. The maximum absolute atomic E-state index is 11.5. The van der Waals surface area contributed by atoms with Crippen LogP contribution < -0.4 is 5.73 Å². The van der Waals surface area contributed by atoms with Crippen LogP contribution in [0.2, 0.25) is 5.15 Å². The van der Waals surface area contributed by atoms with Crippen molar-refractivity contribution < 1.29 is 4.79 Å². The highest BCUT2D eigenvalue weighted by Crippen LogP contribution is 2.15. The number of Topliss-reactive ketones (excluding diaryl/α,β-unsaturated/α-hetero) is 1. The summed E-state index contributed by atoms with van der Waals surface area (Å²) in [5.74, 6) is -0.177. The summed E-state index contributed by atoms with van der Waals surface area (Å²) in [6.07, 6.45) is 1.54. The first-order valence-electron chi connectivity index (χ1n) is 4.08. The third kappa shape index (κ3) is 1.89. The van der Waals surface area contributed by atoms with Crippen molar-refractivity contribution in [2.45, 2.75) is 26.4 Å². The maximum Gasteiger partial charge on any atom is 0.198 e. The van der Waals surface area contributed by atoms with E-state index in [2.05, 4.69) is 4.98 Å². The second-order valence-electron chi connectivity index (χ2n) is 2.82. The van der Waals surface area contributed by atoms with E-state index < -0.39 is 6.04 Å². The summed E-state index contributed by atoms with van der Waals surface area (Å²) < 4.78 is 1.69. The summed E-state index contributed by atoms with van der Waals surface area (Å²) >= 11 is 5.75. The van der Waals surface area contributed by atoms with Crippen LogP contribution in [0, 0.1) is 0 Å². The molecule has 1 atom stereocenters. The van der Waals surface area contributed by atoms with Gasteiger partial charge in [0.25, 0.3) is 0 Å². The zero-order valence-electron chi connectivity index (χ0n) is 7.62. The Morgan fingerprint density at radius 2 is 2.46 bits per heavy atom. The second-order valence-corrected chi connectivity index (χ2v) is 3.18. The zero-order chi connectivity index (χ0) is 10.0. The van der Waals surface area contributed by atoms with Crippen molar-refractivity contribution in [2.24, 2.45) is 5.73 Å². The van der Waals surface area contributed by atoms with Crippen LogP contribution in [0.1, 0.15) is 24.3 Å². The molecule has 1 rings (SSSR count). The predicted octanol–water partition coefficient (Wildman–Crippen LogP) is 1.09. The summed E-state index contributed by atoms with van der Waals surface area (Å²) in [5.41, 5.74) is 5.87. The van der Waals surface area contributed by atoms with Gasteiger partial charge in [-0.2, -0.15) is 0 Å². The summed E-state index contributed by atoms with van der Waals surface area (Å²) in [6, 6.07) is -0.542. The van der Waals surface area contributed by atoms with Crippen LogP contribution in [-0.4, -0.2) is 21.4 Å². The summed E-state index contributed by atoms with van der Waals surface area (Å²) in [4.78, 5) is 15.4. The third-order valence-electron chi connectivity index (χ3n) is 1.78. The van der Waals surface area contributed by atoms with Gasteiger partial charge in [0, 0.05) is 6.54 Å². The number of aromatic nitrogens is 2. The minimum atomic E-state index is -0.542. The van der Waals surface area contributed by atoms with Crippen molar-refractivity contribution >= 4 is 17.4 Å². The van der Waals surface area contributed by atoms with Gasteiger partial charge >= 0.3 is 0 Å². The lowest BCUT2D eigenvalue weighted by Gasteiger charge is -2.06. The number of imidazole rings is 1. The van der Waals surface area contributed by atoms with Gasteiger partial charge in [-0.1, -0.05) is 11.6 Å². The highest BCUT2D eigenvalue weighted by molar-refractivity contribution is 6.32. The van der Waals surface area contributed by atoms with Crippen LogP contribution in [0.25, 0.3) is 0 Å². The highest BCUT2D eigenvalue weighted by Gasteiger charge is 2.19. The summed E-state index contributed by atoms with van der Waals surface area (Å²) in [7, 11) is 0. The Hall–Kier alpha value is -0.870. The van der Waals surface area contributed by atoms with Crippen molar-refractivity contribution in [1.29, 1.82) is 0 Å². The third-order valence-corrected chi connectivity index (χ3v) is 2.06. The van der Waals surface area contributed by atoms with E-state index in [4.69, 9.17) is 17.3 Å². The molecule has 0 spiro atoms. The molecule has 0 amide bonds.